The molecule has 0 amide bonds. The van der Waals surface area contributed by atoms with Gasteiger partial charge >= 0.3 is 5.97 Å². The molecule has 19 heavy (non-hydrogen) atoms. The van der Waals surface area contributed by atoms with Gasteiger partial charge in [0.1, 0.15) is 11.5 Å². The number of hydrogen-bond acceptors (Lipinski definition) is 5. The lowest BCUT2D eigenvalue weighted by Gasteiger charge is -2.37. The van der Waals surface area contributed by atoms with Crippen molar-refractivity contribution in [2.75, 3.05) is 6.61 Å². The molecule has 1 N–H and O–H groups in total. The highest BCUT2D eigenvalue weighted by Gasteiger charge is 2.37. The summed E-state index contributed by atoms with van der Waals surface area (Å²) in [5, 5.41) is 9.37. The van der Waals surface area contributed by atoms with Crippen molar-refractivity contribution in [3.63, 3.8) is 0 Å². The third-order valence-corrected chi connectivity index (χ3v) is 5.12. The Bertz CT molecular complexity index is 321. The maximum atomic E-state index is 12.1. The van der Waals surface area contributed by atoms with E-state index in [9.17, 15) is 9.90 Å². The molecule has 110 valence electrons. The third kappa shape index (κ3) is 3.86. The second-order valence-electron chi connectivity index (χ2n) is 6.06. The molecule has 5 heteroatoms. The first kappa shape index (κ1) is 15.1. The zero-order valence-corrected chi connectivity index (χ0v) is 12.7. The Kier molecular flexibility index (Phi) is 5.15. The number of rotatable bonds is 3. The van der Waals surface area contributed by atoms with Gasteiger partial charge in [0.15, 0.2) is 0 Å². The van der Waals surface area contributed by atoms with E-state index in [4.69, 9.17) is 9.47 Å². The molecule has 1 aliphatic heterocycles. The van der Waals surface area contributed by atoms with Crippen LogP contribution in [0.3, 0.4) is 0 Å². The molecule has 0 aromatic carbocycles. The van der Waals surface area contributed by atoms with Crippen LogP contribution in [-0.2, 0) is 14.3 Å². The monoisotopic (exact) mass is 288 g/mol. The Morgan fingerprint density at radius 1 is 1.42 bits per heavy atom. The van der Waals surface area contributed by atoms with Crippen molar-refractivity contribution in [3.8, 4) is 0 Å². The Hall–Kier alpha value is -0.260. The van der Waals surface area contributed by atoms with E-state index in [2.05, 4.69) is 20.8 Å². The highest BCUT2D eigenvalue weighted by Crippen LogP contribution is 2.36. The van der Waals surface area contributed by atoms with Crippen LogP contribution in [0, 0.1) is 17.8 Å². The molecule has 4 nitrogen and oxygen atoms in total. The van der Waals surface area contributed by atoms with Gasteiger partial charge in [0.25, 0.3) is 0 Å². The molecule has 0 aromatic heterocycles. The summed E-state index contributed by atoms with van der Waals surface area (Å²) in [4.78, 5) is 12.1. The first-order chi connectivity index (χ1) is 8.97. The second-order valence-corrected chi connectivity index (χ2v) is 7.30. The summed E-state index contributed by atoms with van der Waals surface area (Å²) in [6.45, 7) is 6.79. The topological polar surface area (TPSA) is 55.8 Å². The molecular formula is C14H24O4S. The lowest BCUT2D eigenvalue weighted by atomic mass is 9.75. The van der Waals surface area contributed by atoms with E-state index in [0.29, 0.717) is 17.8 Å². The minimum Gasteiger partial charge on any atom is -0.459 e. The average molecular weight is 288 g/mol. The van der Waals surface area contributed by atoms with Gasteiger partial charge in [-0.15, -0.1) is 0 Å². The van der Waals surface area contributed by atoms with E-state index in [1.54, 1.807) is 0 Å². The van der Waals surface area contributed by atoms with E-state index in [1.807, 2.05) is 0 Å². The molecule has 2 fully saturated rings. The van der Waals surface area contributed by atoms with Crippen LogP contribution < -0.4 is 0 Å². The number of hydrogen-bond donors (Lipinski definition) is 1. The molecule has 2 unspecified atom stereocenters. The van der Waals surface area contributed by atoms with Crippen LogP contribution in [0.1, 0.15) is 40.0 Å². The minimum atomic E-state index is -0.653. The lowest BCUT2D eigenvalue weighted by Crippen LogP contribution is -2.37. The Morgan fingerprint density at radius 2 is 2.16 bits per heavy atom. The highest BCUT2D eigenvalue weighted by atomic mass is 32.2. The molecule has 1 saturated carbocycles. The highest BCUT2D eigenvalue weighted by molar-refractivity contribution is 8.01. The maximum absolute atomic E-state index is 12.1. The standard InChI is InChI=1S/C14H24O4S/c1-8(2)10-5-4-9(3)6-11(10)18-13(16)14-17-7-12(15)19-14/h8-12,14-15H,4-7H2,1-3H3/t9-,10+,11?,12?,14+/m0/s1. The molecule has 1 aliphatic carbocycles. The fourth-order valence-corrected chi connectivity index (χ4v) is 3.74. The number of esters is 1. The zero-order valence-electron chi connectivity index (χ0n) is 11.9. The first-order valence-electron chi connectivity index (χ1n) is 7.13. The SMILES string of the molecule is CC(C)[C@H]1CC[C@H](C)CC1OC(=O)[C@@H]1OCC(O)S1. The summed E-state index contributed by atoms with van der Waals surface area (Å²) in [5.74, 6) is 1.24. The van der Waals surface area contributed by atoms with Crippen LogP contribution in [0.15, 0.2) is 0 Å². The van der Waals surface area contributed by atoms with E-state index < -0.39 is 10.9 Å². The van der Waals surface area contributed by atoms with Gasteiger partial charge in [0.2, 0.25) is 5.44 Å². The summed E-state index contributed by atoms with van der Waals surface area (Å²) in [6.07, 6.45) is 3.27. The predicted molar refractivity (Wildman–Crippen MR) is 74.6 cm³/mol. The van der Waals surface area contributed by atoms with Gasteiger partial charge in [-0.05, 0) is 30.6 Å². The number of ether oxygens (including phenoxy) is 2. The van der Waals surface area contributed by atoms with Crippen molar-refractivity contribution in [2.45, 2.75) is 57.0 Å². The van der Waals surface area contributed by atoms with E-state index in [0.717, 1.165) is 24.6 Å². The Balaban J connectivity index is 1.92. The zero-order chi connectivity index (χ0) is 14.0. The van der Waals surface area contributed by atoms with Gasteiger partial charge in [-0.25, -0.2) is 4.79 Å². The number of thioether (sulfide) groups is 1. The molecular weight excluding hydrogens is 264 g/mol. The van der Waals surface area contributed by atoms with Gasteiger partial charge in [-0.3, -0.25) is 0 Å². The fourth-order valence-electron chi connectivity index (χ4n) is 2.97. The van der Waals surface area contributed by atoms with Gasteiger partial charge in [0, 0.05) is 0 Å². The molecule has 2 aliphatic rings. The molecule has 0 bridgehead atoms. The molecule has 0 spiro atoms. The van der Waals surface area contributed by atoms with Gasteiger partial charge in [0.05, 0.1) is 6.61 Å². The molecule has 0 aromatic rings. The van der Waals surface area contributed by atoms with Crippen molar-refractivity contribution in [1.82, 2.24) is 0 Å². The summed E-state index contributed by atoms with van der Waals surface area (Å²) < 4.78 is 10.9. The van der Waals surface area contributed by atoms with E-state index in [1.165, 1.54) is 6.42 Å². The fraction of sp³-hybridized carbons (Fsp3) is 0.929. The molecule has 5 atom stereocenters. The Morgan fingerprint density at radius 3 is 2.74 bits per heavy atom. The number of aliphatic hydroxyl groups is 1. The van der Waals surface area contributed by atoms with Crippen molar-refractivity contribution in [1.29, 1.82) is 0 Å². The smallest absolute Gasteiger partial charge is 0.346 e. The molecule has 0 radical (unpaired) electrons. The molecule has 1 heterocycles. The van der Waals surface area contributed by atoms with Crippen LogP contribution in [0.25, 0.3) is 0 Å². The largest absolute Gasteiger partial charge is 0.459 e. The van der Waals surface area contributed by atoms with E-state index in [-0.39, 0.29) is 18.7 Å². The van der Waals surface area contributed by atoms with Gasteiger partial charge < -0.3 is 14.6 Å². The third-order valence-electron chi connectivity index (χ3n) is 4.09. The normalized spacial score (nSPS) is 39.5. The number of carbonyl (C=O) groups excluding carboxylic acids is 1. The van der Waals surface area contributed by atoms with Crippen LogP contribution in [0.4, 0.5) is 0 Å². The van der Waals surface area contributed by atoms with Crippen LogP contribution in [-0.4, -0.2) is 34.7 Å². The summed E-state index contributed by atoms with van der Waals surface area (Å²) in [7, 11) is 0. The second kappa shape index (κ2) is 6.46. The first-order valence-corrected chi connectivity index (χ1v) is 8.07. The Labute approximate surface area is 119 Å². The molecule has 1 saturated heterocycles. The number of aliphatic hydroxyl groups excluding tert-OH is 1. The summed E-state index contributed by atoms with van der Waals surface area (Å²) >= 11 is 1.13. The minimum absolute atomic E-state index is 0.00167. The van der Waals surface area contributed by atoms with Crippen LogP contribution in [0.5, 0.6) is 0 Å². The number of carbonyl (C=O) groups is 1. The van der Waals surface area contributed by atoms with Gasteiger partial charge in [-0.2, -0.15) is 0 Å². The summed E-state index contributed by atoms with van der Waals surface area (Å²) in [6, 6.07) is 0. The van der Waals surface area contributed by atoms with E-state index >= 15 is 0 Å². The predicted octanol–water partition coefficient (Wildman–Crippen LogP) is 2.40. The quantitative estimate of drug-likeness (QED) is 0.808. The summed E-state index contributed by atoms with van der Waals surface area (Å²) in [5.41, 5.74) is -1.26. The van der Waals surface area contributed by atoms with Crippen molar-refractivity contribution in [2.24, 2.45) is 17.8 Å². The van der Waals surface area contributed by atoms with Crippen molar-refractivity contribution in [3.05, 3.63) is 0 Å². The van der Waals surface area contributed by atoms with Gasteiger partial charge in [-0.1, -0.05) is 39.0 Å². The lowest BCUT2D eigenvalue weighted by molar-refractivity contribution is -0.162. The van der Waals surface area contributed by atoms with Crippen molar-refractivity contribution >= 4 is 17.7 Å². The van der Waals surface area contributed by atoms with Crippen LogP contribution >= 0.6 is 11.8 Å². The maximum Gasteiger partial charge on any atom is 0.346 e. The van der Waals surface area contributed by atoms with Crippen molar-refractivity contribution < 1.29 is 19.4 Å². The van der Waals surface area contributed by atoms with Crippen LogP contribution in [0.2, 0.25) is 0 Å². The molecule has 2 rings (SSSR count). The average Bonchev–Trinajstić information content (AvgIpc) is 2.75.